The molecule has 0 saturated carbocycles. The summed E-state index contributed by atoms with van der Waals surface area (Å²) in [4.78, 5) is 36.2. The van der Waals surface area contributed by atoms with E-state index in [-0.39, 0.29) is 33.8 Å². The van der Waals surface area contributed by atoms with Crippen molar-refractivity contribution in [2.45, 2.75) is 24.9 Å². The van der Waals surface area contributed by atoms with E-state index in [0.29, 0.717) is 18.5 Å². The van der Waals surface area contributed by atoms with E-state index in [1.807, 2.05) is 70.1 Å². The largest absolute Gasteiger partial charge is 0.478 e. The van der Waals surface area contributed by atoms with Gasteiger partial charge in [0.05, 0.1) is 23.2 Å². The zero-order chi connectivity index (χ0) is 37.9. The van der Waals surface area contributed by atoms with Gasteiger partial charge in [0, 0.05) is 60.0 Å². The van der Waals surface area contributed by atoms with Crippen molar-refractivity contribution in [1.29, 1.82) is 0 Å². The highest BCUT2D eigenvalue weighted by atomic mass is 32.1. The Morgan fingerprint density at radius 2 is 1.27 bits per heavy atom. The molecule has 8 heterocycles. The third-order valence-electron chi connectivity index (χ3n) is 9.60. The van der Waals surface area contributed by atoms with E-state index >= 15 is 0 Å². The minimum atomic E-state index is -0.925. The quantitative estimate of drug-likeness (QED) is 0.186. The maximum absolute atomic E-state index is 14.0. The van der Waals surface area contributed by atoms with Crippen molar-refractivity contribution in [3.05, 3.63) is 188 Å². The Bertz CT molecular complexity index is 2600. The first-order valence-electron chi connectivity index (χ1n) is 17.6. The average Bonchev–Trinajstić information content (AvgIpc) is 4.03. The van der Waals surface area contributed by atoms with Gasteiger partial charge in [-0.05, 0) is 71.5 Å². The number of halogens is 2. The van der Waals surface area contributed by atoms with Gasteiger partial charge in [0.2, 0.25) is 0 Å². The first-order valence-corrected chi connectivity index (χ1v) is 19.2. The fourth-order valence-electron chi connectivity index (χ4n) is 7.06. The van der Waals surface area contributed by atoms with Crippen LogP contribution < -0.4 is 5.32 Å². The van der Waals surface area contributed by atoms with Crippen LogP contribution in [-0.4, -0.2) is 53.7 Å². The number of carboxylic acids is 1. The lowest BCUT2D eigenvalue weighted by atomic mass is 9.92. The number of hydrogen-bond donors (Lipinski definition) is 2. The third kappa shape index (κ3) is 7.67. The Morgan fingerprint density at radius 3 is 1.91 bits per heavy atom. The molecular weight excluding hydrogens is 739 g/mol. The Balaban J connectivity index is 0.000000129. The second-order valence-corrected chi connectivity index (χ2v) is 15.2. The summed E-state index contributed by atoms with van der Waals surface area (Å²) in [5, 5.41) is 11.8. The summed E-state index contributed by atoms with van der Waals surface area (Å²) in [6.07, 6.45) is 11.8. The highest BCUT2D eigenvalue weighted by Gasteiger charge is 2.34. The molecule has 55 heavy (non-hydrogen) atoms. The average molecular weight is 773 g/mol. The van der Waals surface area contributed by atoms with Crippen LogP contribution in [0.3, 0.4) is 0 Å². The number of carbonyl (C=O) groups is 2. The van der Waals surface area contributed by atoms with Gasteiger partial charge >= 0.3 is 5.97 Å². The van der Waals surface area contributed by atoms with Gasteiger partial charge in [0.15, 0.2) is 10.3 Å². The molecule has 0 saturated heterocycles. The summed E-state index contributed by atoms with van der Waals surface area (Å²) in [5.74, 6) is -0.984. The number of fused-ring (bicyclic) bond motifs is 4. The summed E-state index contributed by atoms with van der Waals surface area (Å²) in [7, 11) is 0. The molecule has 9 nitrogen and oxygen atoms in total. The minimum Gasteiger partial charge on any atom is -0.478 e. The Kier molecular flexibility index (Phi) is 10.3. The van der Waals surface area contributed by atoms with Gasteiger partial charge in [0.1, 0.15) is 11.3 Å². The SMILES string of the molecule is Fc1cc2c(s1)CCNC2c1ccccc1.O=C(O)c1ccc2nccn2c1.O=C(c1ccc2nccn2c1)N1CCc2sc(F)cc2C1c1ccccc1. The number of aromatic carboxylic acids is 1. The van der Waals surface area contributed by atoms with Crippen molar-refractivity contribution < 1.29 is 23.5 Å². The van der Waals surface area contributed by atoms with Crippen LogP contribution in [0.5, 0.6) is 0 Å². The molecule has 10 rings (SSSR count). The maximum atomic E-state index is 14.0. The molecule has 13 heteroatoms. The van der Waals surface area contributed by atoms with Gasteiger partial charge < -0.3 is 24.1 Å². The first kappa shape index (κ1) is 36.0. The molecule has 8 aromatic rings. The second-order valence-electron chi connectivity index (χ2n) is 13.0. The smallest absolute Gasteiger partial charge is 0.337 e. The van der Waals surface area contributed by atoms with Crippen LogP contribution >= 0.6 is 22.7 Å². The number of nitrogens with zero attached hydrogens (tertiary/aromatic N) is 5. The third-order valence-corrected chi connectivity index (χ3v) is 11.6. The number of imidazole rings is 2. The van der Waals surface area contributed by atoms with Crippen LogP contribution in [0.2, 0.25) is 0 Å². The van der Waals surface area contributed by atoms with Crippen LogP contribution in [0.25, 0.3) is 11.3 Å². The molecule has 0 fully saturated rings. The zero-order valence-electron chi connectivity index (χ0n) is 29.3. The Labute approximate surface area is 322 Å². The number of pyridine rings is 2. The number of carbonyl (C=O) groups excluding carboxylic acids is 1. The molecule has 1 amide bonds. The van der Waals surface area contributed by atoms with E-state index in [4.69, 9.17) is 5.11 Å². The molecule has 2 N–H and O–H groups in total. The van der Waals surface area contributed by atoms with E-state index in [0.717, 1.165) is 45.8 Å². The van der Waals surface area contributed by atoms with E-state index < -0.39 is 5.97 Å². The molecule has 0 spiro atoms. The van der Waals surface area contributed by atoms with Gasteiger partial charge in [-0.25, -0.2) is 14.8 Å². The topological polar surface area (TPSA) is 104 Å². The normalized spacial score (nSPS) is 16.0. The van der Waals surface area contributed by atoms with Crippen molar-refractivity contribution in [2.75, 3.05) is 13.1 Å². The fourth-order valence-corrected chi connectivity index (χ4v) is 8.88. The van der Waals surface area contributed by atoms with Crippen LogP contribution in [-0.2, 0) is 12.8 Å². The zero-order valence-corrected chi connectivity index (χ0v) is 30.9. The van der Waals surface area contributed by atoms with Crippen molar-refractivity contribution in [3.8, 4) is 0 Å². The van der Waals surface area contributed by atoms with Crippen molar-refractivity contribution in [2.24, 2.45) is 0 Å². The lowest BCUT2D eigenvalue weighted by Gasteiger charge is -2.36. The summed E-state index contributed by atoms with van der Waals surface area (Å²) < 4.78 is 30.8. The lowest BCUT2D eigenvalue weighted by Crippen LogP contribution is -2.40. The summed E-state index contributed by atoms with van der Waals surface area (Å²) in [5.41, 5.74) is 6.62. The molecule has 2 unspecified atom stereocenters. The Morgan fingerprint density at radius 1 is 0.709 bits per heavy atom. The number of aromatic nitrogens is 4. The standard InChI is InChI=1S/C21H16FN3OS.C13H12FNS.C8H6N2O2/c22-18-12-16-17(27-18)8-10-25(20(16)14-4-2-1-3-5-14)21(26)15-6-7-19-23-9-11-24(19)13-15;14-12-8-10-11(16-12)6-7-15-13(10)9-4-2-1-3-5-9;11-8(12)6-1-2-7-9-3-4-10(7)5-6/h1-7,9,11-13,20H,8,10H2;1-5,8,13,15H,6-7H2;1-5H,(H,11,12). The Hall–Kier alpha value is -6.02. The van der Waals surface area contributed by atoms with Gasteiger partial charge in [-0.1, -0.05) is 60.7 Å². The highest BCUT2D eigenvalue weighted by Crippen LogP contribution is 2.40. The molecular formula is C42H34F2N6O3S2. The van der Waals surface area contributed by atoms with Crippen LogP contribution in [0.15, 0.2) is 134 Å². The second kappa shape index (κ2) is 15.8. The number of thiophene rings is 2. The summed E-state index contributed by atoms with van der Waals surface area (Å²) >= 11 is 2.47. The molecule has 6 aromatic heterocycles. The van der Waals surface area contributed by atoms with Crippen LogP contribution in [0.4, 0.5) is 8.78 Å². The van der Waals surface area contributed by atoms with E-state index in [1.165, 1.54) is 45.4 Å². The first-order chi connectivity index (χ1) is 26.8. The summed E-state index contributed by atoms with van der Waals surface area (Å²) in [6.45, 7) is 1.49. The molecule has 2 aliphatic rings. The molecule has 2 aliphatic heterocycles. The van der Waals surface area contributed by atoms with Gasteiger partial charge in [-0.15, -0.1) is 22.7 Å². The van der Waals surface area contributed by atoms with Crippen LogP contribution in [0, 0.1) is 10.3 Å². The molecule has 0 aliphatic carbocycles. The van der Waals surface area contributed by atoms with Gasteiger partial charge in [-0.3, -0.25) is 4.79 Å². The lowest BCUT2D eigenvalue weighted by molar-refractivity contribution is 0.0687. The van der Waals surface area contributed by atoms with E-state index in [1.54, 1.807) is 53.5 Å². The van der Waals surface area contributed by atoms with Crippen molar-refractivity contribution in [3.63, 3.8) is 0 Å². The molecule has 2 atom stereocenters. The van der Waals surface area contributed by atoms with Gasteiger partial charge in [-0.2, -0.15) is 8.78 Å². The minimum absolute atomic E-state index is 0.0586. The highest BCUT2D eigenvalue weighted by molar-refractivity contribution is 7.10. The van der Waals surface area contributed by atoms with Crippen LogP contribution in [0.1, 0.15) is 64.8 Å². The monoisotopic (exact) mass is 772 g/mol. The van der Waals surface area contributed by atoms with Crippen molar-refractivity contribution >= 4 is 45.8 Å². The molecule has 0 bridgehead atoms. The van der Waals surface area contributed by atoms with Crippen molar-refractivity contribution in [1.82, 2.24) is 29.0 Å². The van der Waals surface area contributed by atoms with Gasteiger partial charge in [0.25, 0.3) is 5.91 Å². The number of amides is 1. The van der Waals surface area contributed by atoms with E-state index in [2.05, 4.69) is 27.4 Å². The number of rotatable bonds is 4. The molecule has 0 radical (unpaired) electrons. The molecule has 276 valence electrons. The number of hydrogen-bond acceptors (Lipinski definition) is 7. The predicted octanol–water partition coefficient (Wildman–Crippen LogP) is 8.48. The van der Waals surface area contributed by atoms with E-state index in [9.17, 15) is 18.4 Å². The number of carboxylic acid groups (broad SMARTS) is 1. The maximum Gasteiger partial charge on any atom is 0.337 e. The number of nitrogens with one attached hydrogen (secondary N) is 1. The fraction of sp³-hybridized carbons (Fsp3) is 0.143. The summed E-state index contributed by atoms with van der Waals surface area (Å²) in [6, 6.07) is 30.0. The molecule has 2 aromatic carbocycles. The number of benzene rings is 2. The predicted molar refractivity (Wildman–Crippen MR) is 209 cm³/mol.